The van der Waals surface area contributed by atoms with Gasteiger partial charge in [0.15, 0.2) is 0 Å². The summed E-state index contributed by atoms with van der Waals surface area (Å²) in [4.78, 5) is 12.4. The highest BCUT2D eigenvalue weighted by molar-refractivity contribution is 5.96. The molecule has 5 heteroatoms. The van der Waals surface area contributed by atoms with Gasteiger partial charge >= 0.3 is 0 Å². The van der Waals surface area contributed by atoms with E-state index in [-0.39, 0.29) is 12.5 Å². The van der Waals surface area contributed by atoms with E-state index < -0.39 is 5.54 Å². The molecule has 1 aliphatic carbocycles. The zero-order valence-electron chi connectivity index (χ0n) is 12.7. The Labute approximate surface area is 125 Å². The van der Waals surface area contributed by atoms with E-state index in [2.05, 4.69) is 12.2 Å². The van der Waals surface area contributed by atoms with Gasteiger partial charge in [-0.15, -0.1) is 0 Å². The summed E-state index contributed by atoms with van der Waals surface area (Å²) in [7, 11) is 1.54. The number of carbonyl (C=O) groups excluding carboxylic acids is 1. The number of aliphatic hydroxyl groups is 1. The van der Waals surface area contributed by atoms with E-state index in [1.54, 1.807) is 18.2 Å². The molecule has 21 heavy (non-hydrogen) atoms. The summed E-state index contributed by atoms with van der Waals surface area (Å²) < 4.78 is 5.09. The summed E-state index contributed by atoms with van der Waals surface area (Å²) in [5, 5.41) is 12.7. The first-order valence-corrected chi connectivity index (χ1v) is 7.36. The first-order valence-electron chi connectivity index (χ1n) is 7.36. The van der Waals surface area contributed by atoms with Crippen molar-refractivity contribution in [2.75, 3.05) is 19.5 Å². The van der Waals surface area contributed by atoms with Gasteiger partial charge in [-0.2, -0.15) is 0 Å². The Morgan fingerprint density at radius 2 is 2.33 bits per heavy atom. The molecule has 0 bridgehead atoms. The molecule has 116 valence electrons. The highest BCUT2D eigenvalue weighted by Crippen LogP contribution is 2.32. The average molecular weight is 292 g/mol. The number of hydrogen-bond donors (Lipinski definition) is 3. The fourth-order valence-electron chi connectivity index (χ4n) is 3.15. The van der Waals surface area contributed by atoms with Crippen molar-refractivity contribution < 1.29 is 14.6 Å². The Morgan fingerprint density at radius 1 is 1.57 bits per heavy atom. The van der Waals surface area contributed by atoms with Gasteiger partial charge in [-0.05, 0) is 37.0 Å². The van der Waals surface area contributed by atoms with E-state index in [0.29, 0.717) is 22.9 Å². The first kappa shape index (κ1) is 15.6. The lowest BCUT2D eigenvalue weighted by Gasteiger charge is -2.39. The van der Waals surface area contributed by atoms with Crippen molar-refractivity contribution in [3.05, 3.63) is 23.8 Å². The van der Waals surface area contributed by atoms with Crippen LogP contribution >= 0.6 is 0 Å². The predicted octanol–water partition coefficient (Wildman–Crippen LogP) is 1.95. The van der Waals surface area contributed by atoms with Crippen molar-refractivity contribution >= 4 is 11.6 Å². The molecule has 0 aliphatic heterocycles. The van der Waals surface area contributed by atoms with E-state index in [1.165, 1.54) is 7.11 Å². The van der Waals surface area contributed by atoms with Crippen LogP contribution in [0.1, 0.15) is 43.0 Å². The Kier molecular flexibility index (Phi) is 4.73. The fourth-order valence-corrected chi connectivity index (χ4v) is 3.15. The molecule has 2 atom stereocenters. The third kappa shape index (κ3) is 3.47. The Morgan fingerprint density at radius 3 is 2.90 bits per heavy atom. The van der Waals surface area contributed by atoms with Crippen LogP contribution in [0.25, 0.3) is 0 Å². The first-order chi connectivity index (χ1) is 9.99. The van der Waals surface area contributed by atoms with E-state index in [9.17, 15) is 9.90 Å². The van der Waals surface area contributed by atoms with Crippen molar-refractivity contribution in [3.8, 4) is 5.75 Å². The summed E-state index contributed by atoms with van der Waals surface area (Å²) in [5.74, 6) is 0.856. The maximum Gasteiger partial charge on any atom is 0.251 e. The van der Waals surface area contributed by atoms with Crippen LogP contribution in [0.5, 0.6) is 5.75 Å². The highest BCUT2D eigenvalue weighted by atomic mass is 16.5. The van der Waals surface area contributed by atoms with Gasteiger partial charge in [0, 0.05) is 5.56 Å². The molecule has 0 heterocycles. The number of carbonyl (C=O) groups is 1. The van der Waals surface area contributed by atoms with Crippen molar-refractivity contribution in [3.63, 3.8) is 0 Å². The molecule has 0 saturated heterocycles. The van der Waals surface area contributed by atoms with Gasteiger partial charge in [0.1, 0.15) is 5.75 Å². The van der Waals surface area contributed by atoms with Crippen LogP contribution in [-0.2, 0) is 0 Å². The minimum atomic E-state index is -0.510. The molecule has 0 aromatic heterocycles. The summed E-state index contributed by atoms with van der Waals surface area (Å²) >= 11 is 0. The number of nitrogens with one attached hydrogen (secondary N) is 1. The number of rotatable bonds is 4. The lowest BCUT2D eigenvalue weighted by Crippen LogP contribution is -2.53. The van der Waals surface area contributed by atoms with Crippen LogP contribution in [0.4, 0.5) is 5.69 Å². The Bertz CT molecular complexity index is 518. The van der Waals surface area contributed by atoms with Gasteiger partial charge in [-0.1, -0.05) is 19.8 Å². The largest absolute Gasteiger partial charge is 0.495 e. The van der Waals surface area contributed by atoms with Crippen LogP contribution in [0, 0.1) is 5.92 Å². The topological polar surface area (TPSA) is 84.6 Å². The van der Waals surface area contributed by atoms with Gasteiger partial charge in [0.25, 0.3) is 5.91 Å². The number of benzene rings is 1. The molecule has 1 aromatic rings. The van der Waals surface area contributed by atoms with E-state index >= 15 is 0 Å². The Hall–Kier alpha value is -1.75. The molecule has 2 unspecified atom stereocenters. The summed E-state index contributed by atoms with van der Waals surface area (Å²) in [6.07, 6.45) is 3.78. The van der Waals surface area contributed by atoms with Gasteiger partial charge in [-0.25, -0.2) is 0 Å². The van der Waals surface area contributed by atoms with Crippen molar-refractivity contribution in [2.45, 2.75) is 38.1 Å². The number of ether oxygens (including phenoxy) is 1. The number of nitrogens with two attached hydrogens (primary N) is 1. The average Bonchev–Trinajstić information content (AvgIpc) is 2.47. The minimum Gasteiger partial charge on any atom is -0.495 e. The minimum absolute atomic E-state index is 0.0330. The molecule has 1 saturated carbocycles. The van der Waals surface area contributed by atoms with Crippen LogP contribution in [0.15, 0.2) is 18.2 Å². The van der Waals surface area contributed by atoms with Crippen molar-refractivity contribution in [1.29, 1.82) is 0 Å². The summed E-state index contributed by atoms with van der Waals surface area (Å²) in [6.45, 7) is 2.12. The lowest BCUT2D eigenvalue weighted by atomic mass is 9.76. The highest BCUT2D eigenvalue weighted by Gasteiger charge is 2.36. The smallest absolute Gasteiger partial charge is 0.251 e. The molecule has 4 N–H and O–H groups in total. The second kappa shape index (κ2) is 6.35. The molecule has 0 spiro atoms. The molecule has 1 amide bonds. The number of hydrogen-bond acceptors (Lipinski definition) is 4. The molecule has 0 radical (unpaired) electrons. The maximum absolute atomic E-state index is 12.4. The zero-order chi connectivity index (χ0) is 15.5. The summed E-state index contributed by atoms with van der Waals surface area (Å²) in [5.41, 5.74) is 6.24. The standard InChI is InChI=1S/C16H24N2O3/c1-11-4-3-7-16(9-11,10-19)18-15(20)12-5-6-14(21-2)13(17)8-12/h5-6,8,11,19H,3-4,7,9-10,17H2,1-2H3,(H,18,20). The van der Waals surface area contributed by atoms with Gasteiger partial charge < -0.3 is 20.9 Å². The summed E-state index contributed by atoms with van der Waals surface area (Å²) in [6, 6.07) is 4.96. The monoisotopic (exact) mass is 292 g/mol. The SMILES string of the molecule is COc1ccc(C(=O)NC2(CO)CCCC(C)C2)cc1N. The van der Waals surface area contributed by atoms with Gasteiger partial charge in [-0.3, -0.25) is 4.79 Å². The van der Waals surface area contributed by atoms with Crippen LogP contribution in [0.2, 0.25) is 0 Å². The normalized spacial score (nSPS) is 25.4. The Balaban J connectivity index is 2.14. The molecular weight excluding hydrogens is 268 g/mol. The number of aliphatic hydroxyl groups excluding tert-OH is 1. The zero-order valence-corrected chi connectivity index (χ0v) is 12.7. The van der Waals surface area contributed by atoms with Crippen LogP contribution in [-0.4, -0.2) is 30.3 Å². The number of amides is 1. The molecule has 5 nitrogen and oxygen atoms in total. The second-order valence-corrected chi connectivity index (χ2v) is 6.05. The number of anilines is 1. The second-order valence-electron chi connectivity index (χ2n) is 6.05. The van der Waals surface area contributed by atoms with Crippen LogP contribution in [0.3, 0.4) is 0 Å². The third-order valence-electron chi connectivity index (χ3n) is 4.26. The third-order valence-corrected chi connectivity index (χ3v) is 4.26. The maximum atomic E-state index is 12.4. The van der Waals surface area contributed by atoms with E-state index in [0.717, 1.165) is 25.7 Å². The molecule has 1 fully saturated rings. The fraction of sp³-hybridized carbons (Fsp3) is 0.562. The number of nitrogen functional groups attached to an aromatic ring is 1. The lowest BCUT2D eigenvalue weighted by molar-refractivity contribution is 0.0697. The molecular formula is C16H24N2O3. The molecule has 1 aliphatic rings. The van der Waals surface area contributed by atoms with Gasteiger partial charge in [0.05, 0.1) is 24.9 Å². The van der Waals surface area contributed by atoms with Crippen molar-refractivity contribution in [1.82, 2.24) is 5.32 Å². The van der Waals surface area contributed by atoms with Crippen molar-refractivity contribution in [2.24, 2.45) is 5.92 Å². The van der Waals surface area contributed by atoms with E-state index in [4.69, 9.17) is 10.5 Å². The molecule has 2 rings (SSSR count). The quantitative estimate of drug-likeness (QED) is 0.741. The van der Waals surface area contributed by atoms with Crippen LogP contribution < -0.4 is 15.8 Å². The van der Waals surface area contributed by atoms with E-state index in [1.807, 2.05) is 0 Å². The predicted molar refractivity (Wildman–Crippen MR) is 82.3 cm³/mol. The number of methoxy groups -OCH3 is 1. The van der Waals surface area contributed by atoms with Gasteiger partial charge in [0.2, 0.25) is 0 Å². The molecule has 1 aromatic carbocycles.